The van der Waals surface area contributed by atoms with Gasteiger partial charge in [-0.3, -0.25) is 0 Å². The SMILES string of the molecule is C=C1CCC/C(=C(\C)C2C=CC(C)CC2)C1=C. The molecule has 92 valence electrons. The molecule has 0 aromatic carbocycles. The summed E-state index contributed by atoms with van der Waals surface area (Å²) in [6, 6.07) is 0. The summed E-state index contributed by atoms with van der Waals surface area (Å²) >= 11 is 0. The van der Waals surface area contributed by atoms with Crippen LogP contribution in [-0.4, -0.2) is 0 Å². The maximum absolute atomic E-state index is 4.23. The van der Waals surface area contributed by atoms with Crippen molar-refractivity contribution >= 4 is 0 Å². The topological polar surface area (TPSA) is 0 Å². The van der Waals surface area contributed by atoms with E-state index < -0.39 is 0 Å². The number of allylic oxidation sites excluding steroid dienone is 6. The van der Waals surface area contributed by atoms with Crippen molar-refractivity contribution in [3.8, 4) is 0 Å². The first kappa shape index (κ1) is 12.4. The summed E-state index contributed by atoms with van der Waals surface area (Å²) in [5, 5.41) is 0. The van der Waals surface area contributed by atoms with E-state index in [0.29, 0.717) is 5.92 Å². The molecule has 0 bridgehead atoms. The molecule has 2 atom stereocenters. The first-order valence-corrected chi connectivity index (χ1v) is 6.85. The molecule has 0 amide bonds. The molecule has 2 aliphatic carbocycles. The van der Waals surface area contributed by atoms with Crippen molar-refractivity contribution in [1.29, 1.82) is 0 Å². The number of hydrogen-bond acceptors (Lipinski definition) is 0. The van der Waals surface area contributed by atoms with Gasteiger partial charge in [0.05, 0.1) is 0 Å². The molecular formula is C17H24. The Bertz CT molecular complexity index is 392. The van der Waals surface area contributed by atoms with E-state index in [9.17, 15) is 0 Å². The fraction of sp³-hybridized carbons (Fsp3) is 0.529. The molecule has 0 heterocycles. The molecule has 2 rings (SSSR count). The minimum atomic E-state index is 0.642. The molecule has 0 saturated heterocycles. The number of hydrogen-bond donors (Lipinski definition) is 0. The summed E-state index contributed by atoms with van der Waals surface area (Å²) in [5.74, 6) is 1.40. The van der Waals surface area contributed by atoms with Gasteiger partial charge in [-0.15, -0.1) is 0 Å². The quantitative estimate of drug-likeness (QED) is 0.541. The monoisotopic (exact) mass is 228 g/mol. The summed E-state index contributed by atoms with van der Waals surface area (Å²) in [6.07, 6.45) is 11.0. The van der Waals surface area contributed by atoms with E-state index in [1.54, 1.807) is 5.57 Å². The highest BCUT2D eigenvalue weighted by atomic mass is 14.3. The Balaban J connectivity index is 2.22. The second kappa shape index (κ2) is 5.08. The zero-order valence-electron chi connectivity index (χ0n) is 11.3. The van der Waals surface area contributed by atoms with E-state index in [1.807, 2.05) is 0 Å². The van der Waals surface area contributed by atoms with E-state index in [2.05, 4.69) is 39.2 Å². The fourth-order valence-corrected chi connectivity index (χ4v) is 2.97. The fourth-order valence-electron chi connectivity index (χ4n) is 2.97. The summed E-state index contributed by atoms with van der Waals surface area (Å²) in [7, 11) is 0. The Kier molecular flexibility index (Phi) is 3.71. The van der Waals surface area contributed by atoms with Crippen LogP contribution in [-0.2, 0) is 0 Å². The highest BCUT2D eigenvalue weighted by Crippen LogP contribution is 2.37. The van der Waals surface area contributed by atoms with Crippen LogP contribution in [0.5, 0.6) is 0 Å². The van der Waals surface area contributed by atoms with Gasteiger partial charge in [0.15, 0.2) is 0 Å². The van der Waals surface area contributed by atoms with Gasteiger partial charge in [0, 0.05) is 0 Å². The van der Waals surface area contributed by atoms with Crippen molar-refractivity contribution in [3.05, 3.63) is 47.6 Å². The van der Waals surface area contributed by atoms with Crippen molar-refractivity contribution in [2.75, 3.05) is 0 Å². The van der Waals surface area contributed by atoms with Crippen LogP contribution in [0.3, 0.4) is 0 Å². The molecule has 0 aromatic rings. The van der Waals surface area contributed by atoms with Gasteiger partial charge in [-0.25, -0.2) is 0 Å². The Labute approximate surface area is 106 Å². The zero-order valence-corrected chi connectivity index (χ0v) is 11.3. The third kappa shape index (κ3) is 2.62. The average Bonchev–Trinajstić information content (AvgIpc) is 2.33. The van der Waals surface area contributed by atoms with Crippen LogP contribution in [0.4, 0.5) is 0 Å². The number of rotatable bonds is 1. The molecule has 1 fully saturated rings. The predicted molar refractivity (Wildman–Crippen MR) is 75.9 cm³/mol. The van der Waals surface area contributed by atoms with Gasteiger partial charge in [0.2, 0.25) is 0 Å². The van der Waals surface area contributed by atoms with Crippen molar-refractivity contribution in [2.24, 2.45) is 11.8 Å². The van der Waals surface area contributed by atoms with Crippen LogP contribution in [0.1, 0.15) is 46.0 Å². The molecule has 0 nitrogen and oxygen atoms in total. The van der Waals surface area contributed by atoms with E-state index in [4.69, 9.17) is 0 Å². The van der Waals surface area contributed by atoms with Crippen LogP contribution in [0.15, 0.2) is 47.6 Å². The maximum atomic E-state index is 4.23. The largest absolute Gasteiger partial charge is 0.0952 e. The molecule has 0 spiro atoms. The molecule has 0 aromatic heterocycles. The standard InChI is InChI=1S/C17H24/c1-12-8-10-16(11-9-12)15(4)17-7-5-6-13(2)14(17)3/h8,10,12,16H,2-3,5-7,9,11H2,1,4H3/b17-15-. The lowest BCUT2D eigenvalue weighted by atomic mass is 9.78. The molecule has 2 unspecified atom stereocenters. The molecule has 17 heavy (non-hydrogen) atoms. The lowest BCUT2D eigenvalue weighted by Crippen LogP contribution is -2.12. The van der Waals surface area contributed by atoms with Gasteiger partial charge in [-0.1, -0.05) is 37.8 Å². The molecule has 0 aliphatic heterocycles. The molecule has 2 aliphatic rings. The van der Waals surface area contributed by atoms with Gasteiger partial charge >= 0.3 is 0 Å². The second-order valence-electron chi connectivity index (χ2n) is 5.64. The third-order valence-corrected chi connectivity index (χ3v) is 4.33. The summed E-state index contributed by atoms with van der Waals surface area (Å²) in [6.45, 7) is 13.0. The third-order valence-electron chi connectivity index (χ3n) is 4.33. The van der Waals surface area contributed by atoms with Gasteiger partial charge in [-0.2, -0.15) is 0 Å². The first-order valence-electron chi connectivity index (χ1n) is 6.85. The highest BCUT2D eigenvalue weighted by molar-refractivity contribution is 5.48. The smallest absolute Gasteiger partial charge is 0.00197 e. The second-order valence-corrected chi connectivity index (χ2v) is 5.64. The van der Waals surface area contributed by atoms with Gasteiger partial charge in [0.25, 0.3) is 0 Å². The molecular weight excluding hydrogens is 204 g/mol. The Hall–Kier alpha value is -1.04. The normalized spacial score (nSPS) is 32.8. The van der Waals surface area contributed by atoms with Gasteiger partial charge < -0.3 is 0 Å². The average molecular weight is 228 g/mol. The van der Waals surface area contributed by atoms with E-state index >= 15 is 0 Å². The van der Waals surface area contributed by atoms with Crippen molar-refractivity contribution in [3.63, 3.8) is 0 Å². The van der Waals surface area contributed by atoms with E-state index in [-0.39, 0.29) is 0 Å². The van der Waals surface area contributed by atoms with E-state index in [1.165, 1.54) is 42.4 Å². The Morgan fingerprint density at radius 3 is 2.59 bits per heavy atom. The van der Waals surface area contributed by atoms with Crippen LogP contribution in [0.25, 0.3) is 0 Å². The molecule has 0 heteroatoms. The van der Waals surface area contributed by atoms with Crippen LogP contribution < -0.4 is 0 Å². The summed E-state index contributed by atoms with van der Waals surface area (Å²) in [4.78, 5) is 0. The zero-order chi connectivity index (χ0) is 12.4. The Morgan fingerprint density at radius 2 is 1.94 bits per heavy atom. The van der Waals surface area contributed by atoms with Crippen LogP contribution in [0.2, 0.25) is 0 Å². The van der Waals surface area contributed by atoms with E-state index in [0.717, 1.165) is 12.3 Å². The maximum Gasteiger partial charge on any atom is -0.00197 e. The van der Waals surface area contributed by atoms with Crippen molar-refractivity contribution < 1.29 is 0 Å². The van der Waals surface area contributed by atoms with Crippen LogP contribution in [0, 0.1) is 11.8 Å². The summed E-state index contributed by atoms with van der Waals surface area (Å²) < 4.78 is 0. The van der Waals surface area contributed by atoms with Crippen molar-refractivity contribution in [1.82, 2.24) is 0 Å². The Morgan fingerprint density at radius 1 is 1.18 bits per heavy atom. The molecule has 1 saturated carbocycles. The van der Waals surface area contributed by atoms with Gasteiger partial charge in [-0.05, 0) is 67.6 Å². The lowest BCUT2D eigenvalue weighted by molar-refractivity contribution is 0.512. The first-order chi connectivity index (χ1) is 8.09. The molecule has 0 N–H and O–H groups in total. The highest BCUT2D eigenvalue weighted by Gasteiger charge is 2.21. The van der Waals surface area contributed by atoms with Crippen LogP contribution >= 0.6 is 0 Å². The lowest BCUT2D eigenvalue weighted by Gasteiger charge is -2.27. The molecule has 0 radical (unpaired) electrons. The minimum absolute atomic E-state index is 0.642. The summed E-state index contributed by atoms with van der Waals surface area (Å²) in [5.41, 5.74) is 5.50. The van der Waals surface area contributed by atoms with Crippen molar-refractivity contribution in [2.45, 2.75) is 46.0 Å². The predicted octanol–water partition coefficient (Wildman–Crippen LogP) is 5.20. The van der Waals surface area contributed by atoms with Gasteiger partial charge in [0.1, 0.15) is 0 Å². The minimum Gasteiger partial charge on any atom is -0.0952 e.